The fourth-order valence-corrected chi connectivity index (χ4v) is 5.68. The first kappa shape index (κ1) is 27.3. The summed E-state index contributed by atoms with van der Waals surface area (Å²) in [6.07, 6.45) is 3.98. The molecule has 0 fully saturated rings. The van der Waals surface area contributed by atoms with Gasteiger partial charge in [0.15, 0.2) is 0 Å². The van der Waals surface area contributed by atoms with Gasteiger partial charge in [0.25, 0.3) is 0 Å². The maximum atomic E-state index is 6.06. The van der Waals surface area contributed by atoms with E-state index in [0.717, 1.165) is 50.4 Å². The number of hydrogen-bond donors (Lipinski definition) is 0. The van der Waals surface area contributed by atoms with Gasteiger partial charge >= 0.3 is 0 Å². The number of halogens is 1. The molecule has 0 saturated carbocycles. The van der Waals surface area contributed by atoms with Crippen LogP contribution in [0.15, 0.2) is 97.1 Å². The van der Waals surface area contributed by atoms with Crippen LogP contribution in [0.5, 0.6) is 11.5 Å². The summed E-state index contributed by atoms with van der Waals surface area (Å²) in [5.41, 5.74) is 7.12. The van der Waals surface area contributed by atoms with Gasteiger partial charge in [-0.3, -0.25) is 0 Å². The zero-order valence-electron chi connectivity index (χ0n) is 22.7. The van der Waals surface area contributed by atoms with E-state index in [1.54, 1.807) is 0 Å². The van der Waals surface area contributed by atoms with Gasteiger partial charge in [-0.1, -0.05) is 86.1 Å². The second-order valence-electron chi connectivity index (χ2n) is 9.95. The van der Waals surface area contributed by atoms with Crippen LogP contribution in [0.3, 0.4) is 0 Å². The van der Waals surface area contributed by atoms with Crippen molar-refractivity contribution in [2.75, 3.05) is 32.3 Å². The van der Waals surface area contributed by atoms with Crippen LogP contribution in [0.1, 0.15) is 54.9 Å². The third-order valence-corrected chi connectivity index (χ3v) is 7.68. The quantitative estimate of drug-likeness (QED) is 0.104. The number of fused-ring (bicyclic) bond motifs is 3. The second kappa shape index (κ2) is 13.2. The zero-order chi connectivity index (χ0) is 26.9. The summed E-state index contributed by atoms with van der Waals surface area (Å²) < 4.78 is 17.7. The number of benzene rings is 4. The minimum atomic E-state index is -0.437. The van der Waals surface area contributed by atoms with Crippen molar-refractivity contribution in [1.82, 2.24) is 0 Å². The molecule has 4 aromatic rings. The first-order valence-electron chi connectivity index (χ1n) is 14.1. The minimum absolute atomic E-state index is 0.437. The number of unbranched alkanes of at least 4 members (excludes halogenated alkanes) is 1. The Bertz CT molecular complexity index is 1290. The van der Waals surface area contributed by atoms with Crippen LogP contribution in [-0.4, -0.2) is 32.3 Å². The summed E-state index contributed by atoms with van der Waals surface area (Å²) in [6.45, 7) is 5.01. The van der Waals surface area contributed by atoms with Gasteiger partial charge in [-0.25, -0.2) is 0 Å². The molecule has 0 amide bonds. The van der Waals surface area contributed by atoms with Crippen molar-refractivity contribution in [1.29, 1.82) is 0 Å². The van der Waals surface area contributed by atoms with Crippen molar-refractivity contribution < 1.29 is 14.2 Å². The van der Waals surface area contributed by atoms with E-state index in [1.165, 1.54) is 33.4 Å². The average molecular weight is 541 g/mol. The van der Waals surface area contributed by atoms with Gasteiger partial charge < -0.3 is 14.2 Å². The molecule has 0 atom stereocenters. The highest BCUT2D eigenvalue weighted by molar-refractivity contribution is 6.17. The lowest BCUT2D eigenvalue weighted by molar-refractivity contribution is 0.117. The number of alkyl halides is 1. The zero-order valence-corrected chi connectivity index (χ0v) is 23.5. The van der Waals surface area contributed by atoms with E-state index in [1.807, 2.05) is 0 Å². The van der Waals surface area contributed by atoms with Gasteiger partial charge in [0.1, 0.15) is 11.5 Å². The Morgan fingerprint density at radius 1 is 0.564 bits per heavy atom. The smallest absolute Gasteiger partial charge is 0.119 e. The van der Waals surface area contributed by atoms with Crippen molar-refractivity contribution >= 4 is 11.6 Å². The predicted molar refractivity (Wildman–Crippen MR) is 160 cm³/mol. The summed E-state index contributed by atoms with van der Waals surface area (Å²) in [5.74, 6) is 2.34. The van der Waals surface area contributed by atoms with Crippen molar-refractivity contribution in [3.05, 3.63) is 119 Å². The van der Waals surface area contributed by atoms with Crippen LogP contribution in [0.2, 0.25) is 0 Å². The van der Waals surface area contributed by atoms with Crippen LogP contribution in [0.4, 0.5) is 0 Å². The molecule has 0 aliphatic heterocycles. The Hall–Kier alpha value is -3.27. The fourth-order valence-electron chi connectivity index (χ4n) is 5.57. The standard InChI is InChI=1S/C35H37ClO3/c1-2-3-23-37-24-9-26-39-30-20-16-28(17-21-30)35(27-14-18-29(19-15-27)38-25-8-22-36)33-12-6-4-10-31(33)32-11-5-7-13-34(32)35/h4-7,10-21H,2-3,8-9,22-26H2,1H3. The van der Waals surface area contributed by atoms with Crippen molar-refractivity contribution in [3.8, 4) is 22.6 Å². The Labute approximate surface area is 237 Å². The van der Waals surface area contributed by atoms with Gasteiger partial charge in [0.05, 0.1) is 18.6 Å². The Morgan fingerprint density at radius 2 is 1.05 bits per heavy atom. The molecule has 39 heavy (non-hydrogen) atoms. The van der Waals surface area contributed by atoms with Gasteiger partial charge in [-0.2, -0.15) is 0 Å². The maximum absolute atomic E-state index is 6.06. The molecule has 0 bridgehead atoms. The van der Waals surface area contributed by atoms with Crippen LogP contribution in [-0.2, 0) is 10.2 Å². The molecule has 3 nitrogen and oxygen atoms in total. The molecule has 0 N–H and O–H groups in total. The van der Waals surface area contributed by atoms with Crippen LogP contribution < -0.4 is 9.47 Å². The average Bonchev–Trinajstić information content (AvgIpc) is 3.29. The van der Waals surface area contributed by atoms with E-state index in [-0.39, 0.29) is 0 Å². The van der Waals surface area contributed by atoms with Crippen molar-refractivity contribution in [3.63, 3.8) is 0 Å². The molecule has 202 valence electrons. The van der Waals surface area contributed by atoms with Crippen LogP contribution in [0, 0.1) is 0 Å². The van der Waals surface area contributed by atoms with E-state index >= 15 is 0 Å². The summed E-state index contributed by atoms with van der Waals surface area (Å²) >= 11 is 5.84. The third-order valence-electron chi connectivity index (χ3n) is 7.42. The van der Waals surface area contributed by atoms with E-state index in [2.05, 4.69) is 104 Å². The highest BCUT2D eigenvalue weighted by Crippen LogP contribution is 2.56. The highest BCUT2D eigenvalue weighted by atomic mass is 35.5. The summed E-state index contributed by atoms with van der Waals surface area (Å²) in [7, 11) is 0. The molecule has 5 rings (SSSR count). The summed E-state index contributed by atoms with van der Waals surface area (Å²) in [6, 6.07) is 34.8. The minimum Gasteiger partial charge on any atom is -0.494 e. The molecule has 0 heterocycles. The van der Waals surface area contributed by atoms with E-state index in [4.69, 9.17) is 25.8 Å². The summed E-state index contributed by atoms with van der Waals surface area (Å²) in [5, 5.41) is 0. The van der Waals surface area contributed by atoms with Crippen molar-refractivity contribution in [2.24, 2.45) is 0 Å². The van der Waals surface area contributed by atoms with Crippen LogP contribution >= 0.6 is 11.6 Å². The molecule has 4 aromatic carbocycles. The number of ether oxygens (including phenoxy) is 3. The highest BCUT2D eigenvalue weighted by Gasteiger charge is 2.45. The molecular formula is C35H37ClO3. The Morgan fingerprint density at radius 3 is 1.56 bits per heavy atom. The Kier molecular flexibility index (Phi) is 9.23. The molecule has 0 aromatic heterocycles. The SMILES string of the molecule is CCCCOCCCOc1ccc(C2(c3ccc(OCCCCl)cc3)c3ccccc3-c3ccccc32)cc1. The lowest BCUT2D eigenvalue weighted by Crippen LogP contribution is -2.28. The third kappa shape index (κ3) is 5.71. The molecule has 0 saturated heterocycles. The molecule has 0 unspecified atom stereocenters. The molecule has 0 spiro atoms. The molecule has 1 aliphatic rings. The molecular weight excluding hydrogens is 504 g/mol. The molecule has 0 radical (unpaired) electrons. The maximum Gasteiger partial charge on any atom is 0.119 e. The second-order valence-corrected chi connectivity index (χ2v) is 10.3. The normalized spacial score (nSPS) is 13.1. The Balaban J connectivity index is 1.47. The molecule has 4 heteroatoms. The number of rotatable bonds is 14. The van der Waals surface area contributed by atoms with Gasteiger partial charge in [0.2, 0.25) is 0 Å². The topological polar surface area (TPSA) is 27.7 Å². The first-order chi connectivity index (χ1) is 19.3. The first-order valence-corrected chi connectivity index (χ1v) is 14.6. The largest absolute Gasteiger partial charge is 0.494 e. The van der Waals surface area contributed by atoms with Gasteiger partial charge in [-0.15, -0.1) is 11.6 Å². The predicted octanol–water partition coefficient (Wildman–Crippen LogP) is 8.64. The fraction of sp³-hybridized carbons (Fsp3) is 0.314. The number of hydrogen-bond acceptors (Lipinski definition) is 3. The van der Waals surface area contributed by atoms with E-state index < -0.39 is 5.41 Å². The van der Waals surface area contributed by atoms with Crippen LogP contribution in [0.25, 0.3) is 11.1 Å². The summed E-state index contributed by atoms with van der Waals surface area (Å²) in [4.78, 5) is 0. The van der Waals surface area contributed by atoms with Gasteiger partial charge in [-0.05, 0) is 70.5 Å². The molecule has 1 aliphatic carbocycles. The van der Waals surface area contributed by atoms with Gasteiger partial charge in [0, 0.05) is 25.5 Å². The van der Waals surface area contributed by atoms with E-state index in [9.17, 15) is 0 Å². The lowest BCUT2D eigenvalue weighted by atomic mass is 9.68. The monoisotopic (exact) mass is 540 g/mol. The lowest BCUT2D eigenvalue weighted by Gasteiger charge is -2.34. The van der Waals surface area contributed by atoms with Crippen molar-refractivity contribution in [2.45, 2.75) is 38.0 Å². The van der Waals surface area contributed by atoms with E-state index in [0.29, 0.717) is 19.1 Å².